The third-order valence-corrected chi connectivity index (χ3v) is 3.08. The van der Waals surface area contributed by atoms with Crippen molar-refractivity contribution < 1.29 is 4.74 Å². The van der Waals surface area contributed by atoms with E-state index >= 15 is 0 Å². The van der Waals surface area contributed by atoms with E-state index in [9.17, 15) is 0 Å². The van der Waals surface area contributed by atoms with Gasteiger partial charge in [-0.25, -0.2) is 15.8 Å². The van der Waals surface area contributed by atoms with Crippen LogP contribution < -0.4 is 21.3 Å². The molecule has 0 fully saturated rings. The summed E-state index contributed by atoms with van der Waals surface area (Å²) in [4.78, 5) is 8.17. The Kier molecular flexibility index (Phi) is 5.85. The van der Waals surface area contributed by atoms with Crippen LogP contribution in [0.3, 0.4) is 0 Å². The summed E-state index contributed by atoms with van der Waals surface area (Å²) in [6.07, 6.45) is 4.54. The van der Waals surface area contributed by atoms with Gasteiger partial charge in [0.05, 0.1) is 7.11 Å². The molecule has 0 spiro atoms. The van der Waals surface area contributed by atoms with E-state index in [1.807, 2.05) is 0 Å². The van der Waals surface area contributed by atoms with Gasteiger partial charge in [-0.15, -0.1) is 0 Å². The molecule has 1 heterocycles. The zero-order valence-electron chi connectivity index (χ0n) is 10.4. The highest BCUT2D eigenvalue weighted by Gasteiger charge is 2.14. The normalized spacial score (nSPS) is 12.0. The molecule has 0 saturated heterocycles. The second-order valence-electron chi connectivity index (χ2n) is 3.45. The van der Waals surface area contributed by atoms with Crippen LogP contribution >= 0.6 is 11.8 Å². The molecule has 0 aromatic carbocycles. The first kappa shape index (κ1) is 13.9. The lowest BCUT2D eigenvalue weighted by Gasteiger charge is -2.18. The highest BCUT2D eigenvalue weighted by molar-refractivity contribution is 7.98. The fraction of sp³-hybridized carbons (Fsp3) is 0.600. The Morgan fingerprint density at radius 1 is 1.47 bits per heavy atom. The van der Waals surface area contributed by atoms with Crippen molar-refractivity contribution in [2.75, 3.05) is 29.9 Å². The number of aromatic nitrogens is 2. The largest absolute Gasteiger partial charge is 0.490 e. The van der Waals surface area contributed by atoms with Gasteiger partial charge in [0.2, 0.25) is 5.75 Å². The number of nitrogens with two attached hydrogens (primary N) is 1. The summed E-state index contributed by atoms with van der Waals surface area (Å²) in [6.45, 7) is 2.13. The van der Waals surface area contributed by atoms with Gasteiger partial charge in [0.1, 0.15) is 6.33 Å². The fourth-order valence-electron chi connectivity index (χ4n) is 1.43. The van der Waals surface area contributed by atoms with Gasteiger partial charge in [-0.3, -0.25) is 0 Å². The number of hydrogen-bond acceptors (Lipinski definition) is 7. The molecule has 0 aliphatic heterocycles. The Morgan fingerprint density at radius 2 is 2.18 bits per heavy atom. The van der Waals surface area contributed by atoms with Crippen LogP contribution in [-0.4, -0.2) is 35.1 Å². The first-order chi connectivity index (χ1) is 8.26. The third kappa shape index (κ3) is 3.64. The topological polar surface area (TPSA) is 85.1 Å². The number of nitrogens with one attached hydrogen (secondary N) is 2. The zero-order chi connectivity index (χ0) is 12.7. The molecular weight excluding hydrogens is 238 g/mol. The minimum Gasteiger partial charge on any atom is -0.490 e. The molecule has 0 saturated carbocycles. The van der Waals surface area contributed by atoms with Crippen molar-refractivity contribution in [2.24, 2.45) is 5.84 Å². The van der Waals surface area contributed by atoms with E-state index in [-0.39, 0.29) is 0 Å². The predicted molar refractivity (Wildman–Crippen MR) is 72.5 cm³/mol. The van der Waals surface area contributed by atoms with Crippen molar-refractivity contribution in [1.29, 1.82) is 0 Å². The average Bonchev–Trinajstić information content (AvgIpc) is 2.37. The molecule has 17 heavy (non-hydrogen) atoms. The molecule has 1 unspecified atom stereocenters. The first-order valence-corrected chi connectivity index (χ1v) is 6.77. The van der Waals surface area contributed by atoms with Gasteiger partial charge in [0.25, 0.3) is 0 Å². The number of anilines is 2. The van der Waals surface area contributed by atoms with E-state index in [0.29, 0.717) is 23.4 Å². The van der Waals surface area contributed by atoms with Crippen molar-refractivity contribution in [3.8, 4) is 5.75 Å². The van der Waals surface area contributed by atoms with Gasteiger partial charge in [-0.2, -0.15) is 11.8 Å². The van der Waals surface area contributed by atoms with Crippen molar-refractivity contribution >= 4 is 23.4 Å². The van der Waals surface area contributed by atoms with E-state index in [0.717, 1.165) is 12.2 Å². The van der Waals surface area contributed by atoms with E-state index < -0.39 is 0 Å². The monoisotopic (exact) mass is 257 g/mol. The number of methoxy groups -OCH3 is 1. The minimum atomic E-state index is 0.347. The number of thioether (sulfide) groups is 1. The first-order valence-electron chi connectivity index (χ1n) is 5.37. The van der Waals surface area contributed by atoms with E-state index in [1.165, 1.54) is 6.33 Å². The predicted octanol–water partition coefficient (Wildman–Crippen LogP) is 1.32. The number of rotatable bonds is 7. The Labute approximate surface area is 106 Å². The van der Waals surface area contributed by atoms with Crippen molar-refractivity contribution in [3.63, 3.8) is 0 Å². The fourth-order valence-corrected chi connectivity index (χ4v) is 2.15. The highest BCUT2D eigenvalue weighted by atomic mass is 32.2. The minimum absolute atomic E-state index is 0.347. The molecule has 6 nitrogen and oxygen atoms in total. The smallest absolute Gasteiger partial charge is 0.205 e. The molecule has 0 aliphatic carbocycles. The van der Waals surface area contributed by atoms with Crippen molar-refractivity contribution in [2.45, 2.75) is 19.4 Å². The van der Waals surface area contributed by atoms with Crippen LogP contribution in [0.15, 0.2) is 6.33 Å². The molecule has 1 aromatic heterocycles. The number of hydrogen-bond donors (Lipinski definition) is 3. The number of nitrogens with zero attached hydrogens (tertiary/aromatic N) is 2. The van der Waals surface area contributed by atoms with Crippen LogP contribution in [0.2, 0.25) is 0 Å². The molecule has 1 atom stereocenters. The molecule has 4 N–H and O–H groups in total. The Morgan fingerprint density at radius 3 is 2.71 bits per heavy atom. The summed E-state index contributed by atoms with van der Waals surface area (Å²) in [5.74, 6) is 8.05. The highest BCUT2D eigenvalue weighted by Crippen LogP contribution is 2.29. The van der Waals surface area contributed by atoms with Crippen LogP contribution in [0.1, 0.15) is 13.3 Å². The van der Waals surface area contributed by atoms with Gasteiger partial charge >= 0.3 is 0 Å². The maximum Gasteiger partial charge on any atom is 0.205 e. The van der Waals surface area contributed by atoms with Crippen LogP contribution in [0.4, 0.5) is 11.6 Å². The molecule has 0 amide bonds. The Balaban J connectivity index is 2.88. The number of ether oxygens (including phenoxy) is 1. The molecule has 96 valence electrons. The molecular formula is C10H19N5OS. The summed E-state index contributed by atoms with van der Waals surface area (Å²) >= 11 is 1.79. The maximum atomic E-state index is 5.36. The van der Waals surface area contributed by atoms with E-state index in [1.54, 1.807) is 18.9 Å². The van der Waals surface area contributed by atoms with Crippen LogP contribution in [-0.2, 0) is 0 Å². The van der Waals surface area contributed by atoms with Crippen molar-refractivity contribution in [1.82, 2.24) is 9.97 Å². The van der Waals surface area contributed by atoms with Gasteiger partial charge in [-0.05, 0) is 12.7 Å². The third-order valence-electron chi connectivity index (χ3n) is 2.35. The van der Waals surface area contributed by atoms with Crippen LogP contribution in [0.25, 0.3) is 0 Å². The number of nitrogen functional groups attached to an aromatic ring is 1. The van der Waals surface area contributed by atoms with E-state index in [2.05, 4.69) is 33.9 Å². The lowest BCUT2D eigenvalue weighted by atomic mass is 10.2. The van der Waals surface area contributed by atoms with Gasteiger partial charge in [-0.1, -0.05) is 6.92 Å². The lowest BCUT2D eigenvalue weighted by molar-refractivity contribution is 0.414. The van der Waals surface area contributed by atoms with Gasteiger partial charge < -0.3 is 15.5 Å². The summed E-state index contributed by atoms with van der Waals surface area (Å²) in [5, 5.41) is 3.33. The Bertz CT molecular complexity index is 349. The zero-order valence-corrected chi connectivity index (χ0v) is 11.2. The van der Waals surface area contributed by atoms with Crippen molar-refractivity contribution in [3.05, 3.63) is 6.33 Å². The SMILES string of the molecule is CCC(CSC)Nc1ncnc(NN)c1OC. The Hall–Kier alpha value is -1.21. The molecule has 7 heteroatoms. The summed E-state index contributed by atoms with van der Waals surface area (Å²) in [5.41, 5.74) is 2.49. The van der Waals surface area contributed by atoms with E-state index in [4.69, 9.17) is 10.6 Å². The second-order valence-corrected chi connectivity index (χ2v) is 4.36. The van der Waals surface area contributed by atoms with Gasteiger partial charge in [0.15, 0.2) is 11.6 Å². The maximum absolute atomic E-state index is 5.36. The summed E-state index contributed by atoms with van der Waals surface area (Å²) < 4.78 is 5.25. The summed E-state index contributed by atoms with van der Waals surface area (Å²) in [7, 11) is 1.57. The molecule has 0 aliphatic rings. The van der Waals surface area contributed by atoms with Crippen LogP contribution in [0.5, 0.6) is 5.75 Å². The lowest BCUT2D eigenvalue weighted by Crippen LogP contribution is -2.23. The number of hydrazine groups is 1. The second kappa shape index (κ2) is 7.18. The summed E-state index contributed by atoms with van der Waals surface area (Å²) in [6, 6.07) is 0.347. The molecule has 0 radical (unpaired) electrons. The quantitative estimate of drug-likeness (QED) is 0.502. The molecule has 1 rings (SSSR count). The molecule has 1 aromatic rings. The van der Waals surface area contributed by atoms with Gasteiger partial charge in [0, 0.05) is 11.8 Å². The standard InChI is InChI=1S/C10H19N5OS/c1-4-7(5-17-3)14-9-8(16-2)10(15-11)13-6-12-9/h6-7H,4-5,11H2,1-3H3,(H2,12,13,14,15). The average molecular weight is 257 g/mol. The van der Waals surface area contributed by atoms with Crippen LogP contribution in [0, 0.1) is 0 Å². The molecule has 0 bridgehead atoms.